The fourth-order valence-corrected chi connectivity index (χ4v) is 1.86. The van der Waals surface area contributed by atoms with Gasteiger partial charge in [-0.05, 0) is 19.1 Å². The second-order valence-corrected chi connectivity index (χ2v) is 4.05. The molecule has 0 aliphatic heterocycles. The van der Waals surface area contributed by atoms with Crippen molar-refractivity contribution in [2.24, 2.45) is 0 Å². The molecule has 0 radical (unpaired) electrons. The van der Waals surface area contributed by atoms with Crippen molar-refractivity contribution >= 4 is 32.9 Å². The maximum Gasteiger partial charge on any atom is 0.342 e. The average molecular weight is 287 g/mol. The van der Waals surface area contributed by atoms with E-state index in [4.69, 9.17) is 9.15 Å². The lowest BCUT2D eigenvalue weighted by Crippen LogP contribution is -2.03. The highest BCUT2D eigenvalue weighted by atomic mass is 79.9. The van der Waals surface area contributed by atoms with Crippen LogP contribution < -0.4 is 0 Å². The Kier molecular flexibility index (Phi) is 2.96. The predicted molar refractivity (Wildman–Crippen MR) is 59.8 cm³/mol. The number of fused-ring (bicyclic) bond motifs is 1. The molecule has 3 nitrogen and oxygen atoms in total. The van der Waals surface area contributed by atoms with Crippen LogP contribution in [-0.4, -0.2) is 12.6 Å². The number of carbonyl (C=O) groups is 1. The van der Waals surface area contributed by atoms with Crippen LogP contribution in [0.4, 0.5) is 4.39 Å². The third-order valence-electron chi connectivity index (χ3n) is 2.09. The van der Waals surface area contributed by atoms with Gasteiger partial charge in [0.1, 0.15) is 11.8 Å². The molecule has 2 rings (SSSR count). The van der Waals surface area contributed by atoms with Gasteiger partial charge in [-0.3, -0.25) is 0 Å². The van der Waals surface area contributed by atoms with Crippen LogP contribution >= 0.6 is 15.9 Å². The number of halogens is 2. The molecule has 84 valence electrons. The van der Waals surface area contributed by atoms with E-state index in [0.717, 1.165) is 0 Å². The van der Waals surface area contributed by atoms with Crippen molar-refractivity contribution in [3.63, 3.8) is 0 Å². The maximum atomic E-state index is 13.4. The fourth-order valence-electron chi connectivity index (χ4n) is 1.43. The first-order chi connectivity index (χ1) is 7.63. The van der Waals surface area contributed by atoms with E-state index in [1.165, 1.54) is 12.3 Å². The predicted octanol–water partition coefficient (Wildman–Crippen LogP) is 3.51. The minimum atomic E-state index is -0.515. The summed E-state index contributed by atoms with van der Waals surface area (Å²) in [5.41, 5.74) is 0.295. The topological polar surface area (TPSA) is 39.4 Å². The Morgan fingerprint density at radius 1 is 1.56 bits per heavy atom. The van der Waals surface area contributed by atoms with Gasteiger partial charge in [0.2, 0.25) is 0 Å². The van der Waals surface area contributed by atoms with Crippen molar-refractivity contribution in [3.05, 3.63) is 34.2 Å². The van der Waals surface area contributed by atoms with Crippen molar-refractivity contribution in [3.8, 4) is 0 Å². The van der Waals surface area contributed by atoms with Gasteiger partial charge in [0.25, 0.3) is 0 Å². The lowest BCUT2D eigenvalue weighted by Gasteiger charge is -1.99. The van der Waals surface area contributed by atoms with E-state index in [0.29, 0.717) is 9.86 Å². The minimum absolute atomic E-state index is 0.0613. The molecule has 0 atom stereocenters. The van der Waals surface area contributed by atoms with Crippen molar-refractivity contribution in [1.82, 2.24) is 0 Å². The summed E-state index contributed by atoms with van der Waals surface area (Å²) < 4.78 is 23.8. The molecular weight excluding hydrogens is 279 g/mol. The zero-order valence-corrected chi connectivity index (χ0v) is 10.0. The summed E-state index contributed by atoms with van der Waals surface area (Å²) in [5, 5.41) is 0.408. The monoisotopic (exact) mass is 286 g/mol. The van der Waals surface area contributed by atoms with E-state index in [1.807, 2.05) is 0 Å². The molecule has 0 N–H and O–H groups in total. The Labute approximate surface area is 99.3 Å². The number of furan rings is 1. The van der Waals surface area contributed by atoms with Crippen LogP contribution in [-0.2, 0) is 4.74 Å². The first-order valence-corrected chi connectivity index (χ1v) is 5.46. The van der Waals surface area contributed by atoms with Crippen molar-refractivity contribution in [1.29, 1.82) is 0 Å². The van der Waals surface area contributed by atoms with Gasteiger partial charge in [-0.2, -0.15) is 0 Å². The molecule has 0 saturated heterocycles. The molecule has 0 saturated carbocycles. The molecule has 5 heteroatoms. The highest BCUT2D eigenvalue weighted by molar-refractivity contribution is 9.10. The van der Waals surface area contributed by atoms with Gasteiger partial charge in [-0.25, -0.2) is 9.18 Å². The second-order valence-electron chi connectivity index (χ2n) is 3.13. The normalized spacial score (nSPS) is 10.7. The number of ether oxygens (including phenoxy) is 1. The summed E-state index contributed by atoms with van der Waals surface area (Å²) >= 11 is 3.16. The fraction of sp³-hybridized carbons (Fsp3) is 0.182. The summed E-state index contributed by atoms with van der Waals surface area (Å²) in [6.45, 7) is 1.97. The van der Waals surface area contributed by atoms with Gasteiger partial charge in [-0.15, -0.1) is 0 Å². The van der Waals surface area contributed by atoms with Gasteiger partial charge in [0.15, 0.2) is 11.4 Å². The molecule has 0 amide bonds. The first kappa shape index (κ1) is 11.1. The molecule has 0 fully saturated rings. The largest absolute Gasteiger partial charge is 0.462 e. The highest BCUT2D eigenvalue weighted by Gasteiger charge is 2.17. The van der Waals surface area contributed by atoms with Gasteiger partial charge < -0.3 is 9.15 Å². The van der Waals surface area contributed by atoms with E-state index < -0.39 is 11.8 Å². The van der Waals surface area contributed by atoms with Crippen molar-refractivity contribution in [2.75, 3.05) is 6.61 Å². The molecule has 0 unspecified atom stereocenters. The summed E-state index contributed by atoms with van der Waals surface area (Å²) in [6.07, 6.45) is 1.21. The van der Waals surface area contributed by atoms with E-state index in [2.05, 4.69) is 15.9 Å². The van der Waals surface area contributed by atoms with Crippen molar-refractivity contribution in [2.45, 2.75) is 6.92 Å². The van der Waals surface area contributed by atoms with E-state index in [1.54, 1.807) is 13.0 Å². The summed E-state index contributed by atoms with van der Waals surface area (Å²) in [7, 11) is 0. The molecule has 1 heterocycles. The smallest absolute Gasteiger partial charge is 0.342 e. The number of hydrogen-bond donors (Lipinski definition) is 0. The van der Waals surface area contributed by atoms with E-state index >= 15 is 0 Å². The lowest BCUT2D eigenvalue weighted by atomic mass is 10.2. The summed E-state index contributed by atoms with van der Waals surface area (Å²) in [5.74, 6) is -1.03. The Bertz CT molecular complexity index is 547. The van der Waals surface area contributed by atoms with Crippen LogP contribution in [0.2, 0.25) is 0 Å². The Balaban J connectivity index is 2.60. The molecule has 1 aromatic carbocycles. The van der Waals surface area contributed by atoms with E-state index in [9.17, 15) is 9.18 Å². The molecule has 0 aliphatic rings. The third-order valence-corrected chi connectivity index (χ3v) is 2.55. The molecule has 0 spiro atoms. The molecular formula is C11H8BrFO3. The number of benzene rings is 1. The average Bonchev–Trinajstić information content (AvgIpc) is 2.61. The van der Waals surface area contributed by atoms with Gasteiger partial charge in [0.05, 0.1) is 6.61 Å². The van der Waals surface area contributed by atoms with Gasteiger partial charge in [-0.1, -0.05) is 15.9 Å². The zero-order valence-electron chi connectivity index (χ0n) is 8.42. The highest BCUT2D eigenvalue weighted by Crippen LogP contribution is 2.28. The molecule has 0 bridgehead atoms. The third kappa shape index (κ3) is 1.82. The van der Waals surface area contributed by atoms with Crippen LogP contribution in [0.5, 0.6) is 0 Å². The van der Waals surface area contributed by atoms with Crippen LogP contribution in [0.3, 0.4) is 0 Å². The second kappa shape index (κ2) is 4.25. The van der Waals surface area contributed by atoms with Crippen LogP contribution in [0, 0.1) is 5.82 Å². The standard InChI is InChI=1S/C11H8BrFO3/c1-2-15-11(14)8-5-16-10-7(8)3-6(12)4-9(10)13/h3-5H,2H2,1H3. The van der Waals surface area contributed by atoms with E-state index in [-0.39, 0.29) is 17.8 Å². The molecule has 2 aromatic rings. The maximum absolute atomic E-state index is 13.4. The van der Waals surface area contributed by atoms with Crippen LogP contribution in [0.25, 0.3) is 11.0 Å². The lowest BCUT2D eigenvalue weighted by molar-refractivity contribution is 0.0527. The molecule has 0 aliphatic carbocycles. The Morgan fingerprint density at radius 3 is 3.00 bits per heavy atom. The number of esters is 1. The number of carbonyl (C=O) groups excluding carboxylic acids is 1. The summed E-state index contributed by atoms with van der Waals surface area (Å²) in [6, 6.07) is 2.90. The van der Waals surface area contributed by atoms with Gasteiger partial charge >= 0.3 is 5.97 Å². The Hall–Kier alpha value is -1.36. The zero-order chi connectivity index (χ0) is 11.7. The molecule has 1 aromatic heterocycles. The quantitative estimate of drug-likeness (QED) is 0.793. The Morgan fingerprint density at radius 2 is 2.31 bits per heavy atom. The summed E-state index contributed by atoms with van der Waals surface area (Å²) in [4.78, 5) is 11.5. The number of hydrogen-bond acceptors (Lipinski definition) is 3. The minimum Gasteiger partial charge on any atom is -0.462 e. The first-order valence-electron chi connectivity index (χ1n) is 4.67. The van der Waals surface area contributed by atoms with Crippen molar-refractivity contribution < 1.29 is 18.3 Å². The van der Waals surface area contributed by atoms with Gasteiger partial charge in [0, 0.05) is 9.86 Å². The molecule has 16 heavy (non-hydrogen) atoms. The van der Waals surface area contributed by atoms with Crippen LogP contribution in [0.1, 0.15) is 17.3 Å². The number of rotatable bonds is 2. The van der Waals surface area contributed by atoms with Crippen LogP contribution in [0.15, 0.2) is 27.3 Å². The SMILES string of the molecule is CCOC(=O)c1coc2c(F)cc(Br)cc12.